The zero-order valence-electron chi connectivity index (χ0n) is 11.1. The van der Waals surface area contributed by atoms with Crippen molar-refractivity contribution in [1.29, 1.82) is 0 Å². The fourth-order valence-corrected chi connectivity index (χ4v) is 2.42. The lowest BCUT2D eigenvalue weighted by atomic mass is 9.99. The van der Waals surface area contributed by atoms with Gasteiger partial charge in [-0.25, -0.2) is 9.97 Å². The first-order valence-corrected chi connectivity index (χ1v) is 7.00. The van der Waals surface area contributed by atoms with Gasteiger partial charge >= 0.3 is 0 Å². The number of anilines is 1. The number of halogens is 1. The molecule has 1 saturated heterocycles. The standard InChI is InChI=1S/C13H19ClN4O/c1-10-2-5-18(6-3-10)7-4-15-13-11(8-19)12(14)16-9-17-13/h8-10H,2-7H2,1H3,(H,15,16,17). The van der Waals surface area contributed by atoms with Crippen molar-refractivity contribution < 1.29 is 4.79 Å². The molecule has 2 rings (SSSR count). The molecule has 0 aromatic carbocycles. The molecule has 0 aliphatic carbocycles. The van der Waals surface area contributed by atoms with Crippen LogP contribution in [-0.2, 0) is 0 Å². The van der Waals surface area contributed by atoms with Gasteiger partial charge in [-0.05, 0) is 31.8 Å². The van der Waals surface area contributed by atoms with Gasteiger partial charge in [0.1, 0.15) is 17.3 Å². The molecule has 1 fully saturated rings. The average Bonchev–Trinajstić information content (AvgIpc) is 2.41. The second kappa shape index (κ2) is 6.82. The largest absolute Gasteiger partial charge is 0.368 e. The van der Waals surface area contributed by atoms with Gasteiger partial charge in [-0.1, -0.05) is 18.5 Å². The summed E-state index contributed by atoms with van der Waals surface area (Å²) in [6.45, 7) is 6.30. The molecule has 0 atom stereocenters. The van der Waals surface area contributed by atoms with E-state index in [0.717, 1.165) is 32.1 Å². The molecule has 0 unspecified atom stereocenters. The third-order valence-corrected chi connectivity index (χ3v) is 3.85. The van der Waals surface area contributed by atoms with Crippen LogP contribution in [0.25, 0.3) is 0 Å². The van der Waals surface area contributed by atoms with Crippen LogP contribution in [0.3, 0.4) is 0 Å². The molecule has 104 valence electrons. The van der Waals surface area contributed by atoms with Crippen LogP contribution in [0.4, 0.5) is 5.82 Å². The Morgan fingerprint density at radius 1 is 1.47 bits per heavy atom. The van der Waals surface area contributed by atoms with E-state index in [9.17, 15) is 4.79 Å². The molecule has 0 spiro atoms. The van der Waals surface area contributed by atoms with E-state index < -0.39 is 0 Å². The van der Waals surface area contributed by atoms with Gasteiger partial charge in [0.25, 0.3) is 0 Å². The first kappa shape index (κ1) is 14.2. The van der Waals surface area contributed by atoms with E-state index in [1.54, 1.807) is 0 Å². The summed E-state index contributed by atoms with van der Waals surface area (Å²) >= 11 is 5.84. The Labute approximate surface area is 118 Å². The number of likely N-dealkylation sites (tertiary alicyclic amines) is 1. The Morgan fingerprint density at radius 2 is 2.21 bits per heavy atom. The minimum Gasteiger partial charge on any atom is -0.368 e. The minimum absolute atomic E-state index is 0.194. The Hall–Kier alpha value is -1.20. The summed E-state index contributed by atoms with van der Waals surface area (Å²) in [6, 6.07) is 0. The maximum absolute atomic E-state index is 10.9. The molecule has 0 bridgehead atoms. The summed E-state index contributed by atoms with van der Waals surface area (Å²) < 4.78 is 0. The first-order chi connectivity index (χ1) is 9.20. The third kappa shape index (κ3) is 3.88. The highest BCUT2D eigenvalue weighted by Crippen LogP contribution is 2.18. The van der Waals surface area contributed by atoms with Gasteiger partial charge in [-0.3, -0.25) is 4.79 Å². The molecule has 0 saturated carbocycles. The maximum Gasteiger partial charge on any atom is 0.156 e. The molecular weight excluding hydrogens is 264 g/mol. The molecule has 1 aromatic rings. The van der Waals surface area contributed by atoms with Crippen molar-refractivity contribution in [3.63, 3.8) is 0 Å². The summed E-state index contributed by atoms with van der Waals surface area (Å²) in [5.74, 6) is 1.35. The molecular formula is C13H19ClN4O. The maximum atomic E-state index is 10.9. The minimum atomic E-state index is 0.194. The van der Waals surface area contributed by atoms with Gasteiger partial charge in [-0.2, -0.15) is 0 Å². The van der Waals surface area contributed by atoms with Crippen LogP contribution in [-0.4, -0.2) is 47.3 Å². The van der Waals surface area contributed by atoms with Crippen molar-refractivity contribution in [3.05, 3.63) is 17.0 Å². The summed E-state index contributed by atoms with van der Waals surface area (Å²) in [5, 5.41) is 3.35. The lowest BCUT2D eigenvalue weighted by Gasteiger charge is -2.30. The lowest BCUT2D eigenvalue weighted by Crippen LogP contribution is -2.36. The van der Waals surface area contributed by atoms with E-state index in [4.69, 9.17) is 11.6 Å². The quantitative estimate of drug-likeness (QED) is 0.662. The summed E-state index contributed by atoms with van der Waals surface area (Å²) in [4.78, 5) is 21.2. The van der Waals surface area contributed by atoms with E-state index >= 15 is 0 Å². The smallest absolute Gasteiger partial charge is 0.156 e. The number of piperidine rings is 1. The van der Waals surface area contributed by atoms with Crippen molar-refractivity contribution in [3.8, 4) is 0 Å². The van der Waals surface area contributed by atoms with Gasteiger partial charge in [0.05, 0.1) is 5.56 Å². The van der Waals surface area contributed by atoms with Gasteiger partial charge in [0, 0.05) is 13.1 Å². The molecule has 1 aromatic heterocycles. The highest BCUT2D eigenvalue weighted by molar-refractivity contribution is 6.32. The molecule has 1 aliphatic heterocycles. The number of nitrogens with zero attached hydrogens (tertiary/aromatic N) is 3. The number of aromatic nitrogens is 2. The van der Waals surface area contributed by atoms with E-state index in [0.29, 0.717) is 17.7 Å². The average molecular weight is 283 g/mol. The van der Waals surface area contributed by atoms with Crippen LogP contribution in [0.15, 0.2) is 6.33 Å². The molecule has 1 aliphatic rings. The van der Waals surface area contributed by atoms with Crippen LogP contribution in [0.2, 0.25) is 5.15 Å². The number of nitrogens with one attached hydrogen (secondary N) is 1. The van der Waals surface area contributed by atoms with E-state index in [-0.39, 0.29) is 5.15 Å². The summed E-state index contributed by atoms with van der Waals surface area (Å²) in [7, 11) is 0. The molecule has 1 N–H and O–H groups in total. The van der Waals surface area contributed by atoms with Crippen LogP contribution < -0.4 is 5.32 Å². The van der Waals surface area contributed by atoms with Gasteiger partial charge < -0.3 is 10.2 Å². The fraction of sp³-hybridized carbons (Fsp3) is 0.615. The number of aldehydes is 1. The van der Waals surface area contributed by atoms with Crippen molar-refractivity contribution in [2.75, 3.05) is 31.5 Å². The molecule has 6 heteroatoms. The topological polar surface area (TPSA) is 58.1 Å². The molecule has 0 amide bonds. The van der Waals surface area contributed by atoms with Crippen molar-refractivity contribution >= 4 is 23.7 Å². The fourth-order valence-electron chi connectivity index (χ4n) is 2.24. The second-order valence-electron chi connectivity index (χ2n) is 5.00. The second-order valence-corrected chi connectivity index (χ2v) is 5.35. The first-order valence-electron chi connectivity index (χ1n) is 6.62. The van der Waals surface area contributed by atoms with Crippen molar-refractivity contribution in [1.82, 2.24) is 14.9 Å². The summed E-state index contributed by atoms with van der Waals surface area (Å²) in [6.07, 6.45) is 4.57. The SMILES string of the molecule is CC1CCN(CCNc2ncnc(Cl)c2C=O)CC1. The third-order valence-electron chi connectivity index (χ3n) is 3.55. The number of carbonyl (C=O) groups excluding carboxylic acids is 1. The Kier molecular flexibility index (Phi) is 5.10. The highest BCUT2D eigenvalue weighted by atomic mass is 35.5. The van der Waals surface area contributed by atoms with Gasteiger partial charge in [0.15, 0.2) is 6.29 Å². The zero-order valence-corrected chi connectivity index (χ0v) is 11.9. The number of hydrogen-bond acceptors (Lipinski definition) is 5. The number of rotatable bonds is 5. The van der Waals surface area contributed by atoms with E-state index in [1.165, 1.54) is 19.2 Å². The predicted molar refractivity (Wildman–Crippen MR) is 75.8 cm³/mol. The number of hydrogen-bond donors (Lipinski definition) is 1. The normalized spacial score (nSPS) is 17.4. The van der Waals surface area contributed by atoms with Crippen molar-refractivity contribution in [2.45, 2.75) is 19.8 Å². The molecule has 2 heterocycles. The highest BCUT2D eigenvalue weighted by Gasteiger charge is 2.15. The van der Waals surface area contributed by atoms with E-state index in [1.807, 2.05) is 0 Å². The monoisotopic (exact) mass is 282 g/mol. The van der Waals surface area contributed by atoms with Crippen LogP contribution in [0.5, 0.6) is 0 Å². The van der Waals surface area contributed by atoms with E-state index in [2.05, 4.69) is 27.1 Å². The van der Waals surface area contributed by atoms with Gasteiger partial charge in [0.2, 0.25) is 0 Å². The molecule has 0 radical (unpaired) electrons. The predicted octanol–water partition coefficient (Wildman–Crippen LogP) is 2.09. The lowest BCUT2D eigenvalue weighted by molar-refractivity contribution is 0.112. The Bertz CT molecular complexity index is 433. The summed E-state index contributed by atoms with van der Waals surface area (Å²) in [5.41, 5.74) is 0.330. The molecule has 5 nitrogen and oxygen atoms in total. The van der Waals surface area contributed by atoms with Crippen molar-refractivity contribution in [2.24, 2.45) is 5.92 Å². The van der Waals surface area contributed by atoms with Gasteiger partial charge in [-0.15, -0.1) is 0 Å². The zero-order chi connectivity index (χ0) is 13.7. The van der Waals surface area contributed by atoms with Crippen LogP contribution >= 0.6 is 11.6 Å². The van der Waals surface area contributed by atoms with Crippen LogP contribution in [0.1, 0.15) is 30.1 Å². The van der Waals surface area contributed by atoms with Crippen LogP contribution in [0, 0.1) is 5.92 Å². The Balaban J connectivity index is 1.83. The molecule has 19 heavy (non-hydrogen) atoms. The number of carbonyl (C=O) groups is 1. The Morgan fingerprint density at radius 3 is 2.89 bits per heavy atom.